The molecule has 4 N–H and O–H groups in total. The van der Waals surface area contributed by atoms with Gasteiger partial charge < -0.3 is 10.8 Å². The lowest BCUT2D eigenvalue weighted by Gasteiger charge is -2.25. The van der Waals surface area contributed by atoms with Gasteiger partial charge in [0.05, 0.1) is 0 Å². The summed E-state index contributed by atoms with van der Waals surface area (Å²) in [6.07, 6.45) is 5.80. The third-order valence-corrected chi connectivity index (χ3v) is 2.26. The van der Waals surface area contributed by atoms with Crippen LogP contribution in [0.25, 0.3) is 0 Å². The Morgan fingerprint density at radius 3 is 2.55 bits per heavy atom. The second-order valence-electron chi connectivity index (χ2n) is 3.25. The molecule has 0 radical (unpaired) electrons. The Morgan fingerprint density at radius 2 is 2.00 bits per heavy atom. The Bertz CT molecular complexity index is 102. The zero-order valence-electron chi connectivity index (χ0n) is 6.92. The maximum absolute atomic E-state index is 9.17. The lowest BCUT2D eigenvalue weighted by molar-refractivity contribution is 0.120. The van der Waals surface area contributed by atoms with Crippen LogP contribution in [0, 0.1) is 0 Å². The quantitative estimate of drug-likeness (QED) is 0.514. The molecule has 1 rings (SSSR count). The van der Waals surface area contributed by atoms with Crippen LogP contribution >= 0.6 is 0 Å². The molecule has 1 aliphatic rings. The van der Waals surface area contributed by atoms with Gasteiger partial charge in [0.2, 0.25) is 0 Å². The topological polar surface area (TPSA) is 58.3 Å². The Labute approximate surface area is 68.0 Å². The highest BCUT2D eigenvalue weighted by Crippen LogP contribution is 2.17. The van der Waals surface area contributed by atoms with E-state index in [0.717, 1.165) is 0 Å². The number of hydrogen-bond acceptors (Lipinski definition) is 3. The molecule has 11 heavy (non-hydrogen) atoms. The highest BCUT2D eigenvalue weighted by Gasteiger charge is 2.14. The number of hydrogen-bond donors (Lipinski definition) is 3. The van der Waals surface area contributed by atoms with Gasteiger partial charge in [-0.1, -0.05) is 19.3 Å². The van der Waals surface area contributed by atoms with E-state index < -0.39 is 6.23 Å². The summed E-state index contributed by atoms with van der Waals surface area (Å²) in [4.78, 5) is 0. The average molecular weight is 158 g/mol. The molecule has 66 valence electrons. The largest absolute Gasteiger partial charge is 0.377 e. The van der Waals surface area contributed by atoms with Crippen molar-refractivity contribution < 1.29 is 5.11 Å². The minimum atomic E-state index is -0.502. The molecule has 0 heterocycles. The Morgan fingerprint density at radius 1 is 1.36 bits per heavy atom. The Balaban J connectivity index is 2.13. The highest BCUT2D eigenvalue weighted by atomic mass is 16.3. The van der Waals surface area contributed by atoms with Crippen LogP contribution in [-0.2, 0) is 0 Å². The van der Waals surface area contributed by atoms with E-state index in [1.165, 1.54) is 32.1 Å². The van der Waals surface area contributed by atoms with Crippen LogP contribution in [0.5, 0.6) is 0 Å². The van der Waals surface area contributed by atoms with Gasteiger partial charge in [-0.3, -0.25) is 5.32 Å². The summed E-state index contributed by atoms with van der Waals surface area (Å²) in [6, 6.07) is 0.502. The summed E-state index contributed by atoms with van der Waals surface area (Å²) in [5.74, 6) is 0. The maximum Gasteiger partial charge on any atom is 0.117 e. The van der Waals surface area contributed by atoms with Gasteiger partial charge in [0, 0.05) is 12.6 Å². The molecule has 1 saturated carbocycles. The first-order valence-electron chi connectivity index (χ1n) is 4.47. The molecule has 1 aliphatic carbocycles. The molecular weight excluding hydrogens is 140 g/mol. The van der Waals surface area contributed by atoms with E-state index in [1.807, 2.05) is 0 Å². The second kappa shape index (κ2) is 4.70. The van der Waals surface area contributed by atoms with Gasteiger partial charge in [-0.25, -0.2) is 0 Å². The summed E-state index contributed by atoms with van der Waals surface area (Å²) in [5.41, 5.74) is 5.28. The van der Waals surface area contributed by atoms with E-state index >= 15 is 0 Å². The second-order valence-corrected chi connectivity index (χ2v) is 3.25. The van der Waals surface area contributed by atoms with Crippen molar-refractivity contribution in [2.24, 2.45) is 5.73 Å². The SMILES string of the molecule is NCC(O)NC1CCCCC1. The Kier molecular flexibility index (Phi) is 3.83. The number of rotatable bonds is 3. The number of aliphatic hydroxyl groups excluding tert-OH is 1. The molecule has 0 aromatic carbocycles. The fraction of sp³-hybridized carbons (Fsp3) is 1.00. The van der Waals surface area contributed by atoms with Crippen molar-refractivity contribution in [3.05, 3.63) is 0 Å². The molecule has 0 amide bonds. The van der Waals surface area contributed by atoms with Crippen molar-refractivity contribution in [2.45, 2.75) is 44.4 Å². The molecule has 0 aromatic heterocycles. The van der Waals surface area contributed by atoms with Crippen LogP contribution in [0.15, 0.2) is 0 Å². The molecule has 3 heteroatoms. The van der Waals surface area contributed by atoms with Gasteiger partial charge in [0.15, 0.2) is 0 Å². The summed E-state index contributed by atoms with van der Waals surface area (Å²) in [6.45, 7) is 0.316. The Hall–Kier alpha value is -0.120. The average Bonchev–Trinajstić information content (AvgIpc) is 2.06. The van der Waals surface area contributed by atoms with Crippen molar-refractivity contribution in [3.63, 3.8) is 0 Å². The van der Waals surface area contributed by atoms with Gasteiger partial charge in [0.25, 0.3) is 0 Å². The lowest BCUT2D eigenvalue weighted by Crippen LogP contribution is -2.43. The standard InChI is InChI=1S/C8H18N2O/c9-6-8(11)10-7-4-2-1-3-5-7/h7-8,10-11H,1-6,9H2. The molecule has 0 aromatic rings. The van der Waals surface area contributed by atoms with Crippen molar-refractivity contribution in [2.75, 3.05) is 6.54 Å². The number of nitrogens with one attached hydrogen (secondary N) is 1. The van der Waals surface area contributed by atoms with Crippen LogP contribution in [0.2, 0.25) is 0 Å². The summed E-state index contributed by atoms with van der Waals surface area (Å²) in [5, 5.41) is 12.3. The van der Waals surface area contributed by atoms with Gasteiger partial charge in [0.1, 0.15) is 6.23 Å². The van der Waals surface area contributed by atoms with Crippen LogP contribution < -0.4 is 11.1 Å². The third-order valence-electron chi connectivity index (χ3n) is 2.26. The zero-order valence-corrected chi connectivity index (χ0v) is 6.92. The predicted octanol–water partition coefficient (Wildman–Crippen LogP) is 0.186. The highest BCUT2D eigenvalue weighted by molar-refractivity contribution is 4.73. The molecule has 0 spiro atoms. The smallest absolute Gasteiger partial charge is 0.117 e. The van der Waals surface area contributed by atoms with Gasteiger partial charge in [-0.15, -0.1) is 0 Å². The summed E-state index contributed by atoms with van der Waals surface area (Å²) < 4.78 is 0. The van der Waals surface area contributed by atoms with E-state index in [1.54, 1.807) is 0 Å². The van der Waals surface area contributed by atoms with Crippen LogP contribution in [0.3, 0.4) is 0 Å². The maximum atomic E-state index is 9.17. The van der Waals surface area contributed by atoms with E-state index in [4.69, 9.17) is 5.73 Å². The molecule has 1 fully saturated rings. The van der Waals surface area contributed by atoms with Gasteiger partial charge in [-0.2, -0.15) is 0 Å². The first-order chi connectivity index (χ1) is 5.33. The van der Waals surface area contributed by atoms with Crippen molar-refractivity contribution in [3.8, 4) is 0 Å². The van der Waals surface area contributed by atoms with Crippen LogP contribution in [0.1, 0.15) is 32.1 Å². The molecule has 0 saturated heterocycles. The summed E-state index contributed by atoms with van der Waals surface area (Å²) >= 11 is 0. The molecule has 0 aliphatic heterocycles. The molecule has 1 unspecified atom stereocenters. The number of nitrogens with two attached hydrogens (primary N) is 1. The molecule has 0 bridgehead atoms. The summed E-state index contributed by atoms with van der Waals surface area (Å²) in [7, 11) is 0. The number of aliphatic hydroxyl groups is 1. The minimum absolute atomic E-state index is 0.316. The van der Waals surface area contributed by atoms with Crippen molar-refractivity contribution >= 4 is 0 Å². The fourth-order valence-corrected chi connectivity index (χ4v) is 1.61. The fourth-order valence-electron chi connectivity index (χ4n) is 1.61. The zero-order chi connectivity index (χ0) is 8.10. The van der Waals surface area contributed by atoms with E-state index in [9.17, 15) is 5.11 Å². The first kappa shape index (κ1) is 8.97. The van der Waals surface area contributed by atoms with Crippen molar-refractivity contribution in [1.29, 1.82) is 0 Å². The molecular formula is C8H18N2O. The van der Waals surface area contributed by atoms with Crippen LogP contribution in [-0.4, -0.2) is 23.9 Å². The third kappa shape index (κ3) is 3.18. The monoisotopic (exact) mass is 158 g/mol. The van der Waals surface area contributed by atoms with Crippen molar-refractivity contribution in [1.82, 2.24) is 5.32 Å². The van der Waals surface area contributed by atoms with E-state index in [0.29, 0.717) is 12.6 Å². The lowest BCUT2D eigenvalue weighted by atomic mass is 9.95. The van der Waals surface area contributed by atoms with Crippen LogP contribution in [0.4, 0.5) is 0 Å². The predicted molar refractivity (Wildman–Crippen MR) is 45.1 cm³/mol. The minimum Gasteiger partial charge on any atom is -0.377 e. The molecule has 1 atom stereocenters. The van der Waals surface area contributed by atoms with E-state index in [-0.39, 0.29) is 0 Å². The normalized spacial score (nSPS) is 23.5. The van der Waals surface area contributed by atoms with Gasteiger partial charge >= 0.3 is 0 Å². The first-order valence-corrected chi connectivity index (χ1v) is 4.47. The molecule has 3 nitrogen and oxygen atoms in total. The van der Waals surface area contributed by atoms with E-state index in [2.05, 4.69) is 5.32 Å². The van der Waals surface area contributed by atoms with Gasteiger partial charge in [-0.05, 0) is 12.8 Å².